The maximum Gasteiger partial charge on any atom is 0.255 e. The molecule has 0 saturated heterocycles. The molecule has 0 saturated carbocycles. The Hall–Kier alpha value is -3.02. The maximum absolute atomic E-state index is 12.8. The predicted molar refractivity (Wildman–Crippen MR) is 111 cm³/mol. The second kappa shape index (κ2) is 9.45. The average molecular weight is 396 g/mol. The van der Waals surface area contributed by atoms with E-state index in [1.165, 1.54) is 7.11 Å². The van der Waals surface area contributed by atoms with Crippen LogP contribution in [0.3, 0.4) is 0 Å². The fraction of sp³-hybridized carbons (Fsp3) is 0.391. The van der Waals surface area contributed by atoms with Crippen molar-refractivity contribution in [3.05, 3.63) is 59.7 Å². The van der Waals surface area contributed by atoms with Crippen LogP contribution in [0.1, 0.15) is 29.8 Å². The summed E-state index contributed by atoms with van der Waals surface area (Å²) in [7, 11) is 1.52. The summed E-state index contributed by atoms with van der Waals surface area (Å²) in [5, 5.41) is 5.83. The molecule has 2 N–H and O–H groups in total. The standard InChI is InChI=1S/C23H28N2O4/c1-15(2)21(25-22(26)18-9-5-7-11-20(18)28-3)23(27)24-13-16-12-17-8-4-6-10-19(17)29-14-16/h4-11,15-16,21H,12-14H2,1-3H3,(H,24,27)(H,25,26). The van der Waals surface area contributed by atoms with E-state index in [0.717, 1.165) is 17.7 Å². The normalized spacial score (nSPS) is 16.3. The van der Waals surface area contributed by atoms with E-state index < -0.39 is 6.04 Å². The molecule has 1 aliphatic rings. The number of hydrogen-bond acceptors (Lipinski definition) is 4. The fourth-order valence-corrected chi connectivity index (χ4v) is 3.46. The quantitative estimate of drug-likeness (QED) is 0.755. The number of amides is 2. The Kier molecular flexibility index (Phi) is 6.75. The Bertz CT molecular complexity index is 865. The molecular weight excluding hydrogens is 368 g/mol. The summed E-state index contributed by atoms with van der Waals surface area (Å²) in [5.41, 5.74) is 1.56. The highest BCUT2D eigenvalue weighted by Gasteiger charge is 2.27. The van der Waals surface area contributed by atoms with Gasteiger partial charge in [-0.25, -0.2) is 0 Å². The zero-order chi connectivity index (χ0) is 20.8. The zero-order valence-electron chi connectivity index (χ0n) is 17.1. The first kappa shape index (κ1) is 20.7. The molecule has 2 unspecified atom stereocenters. The van der Waals surface area contributed by atoms with E-state index in [1.807, 2.05) is 38.1 Å². The van der Waals surface area contributed by atoms with Crippen LogP contribution < -0.4 is 20.1 Å². The van der Waals surface area contributed by atoms with Crippen LogP contribution in [0.4, 0.5) is 0 Å². The second-order valence-electron chi connectivity index (χ2n) is 7.63. The van der Waals surface area contributed by atoms with E-state index in [1.54, 1.807) is 24.3 Å². The monoisotopic (exact) mass is 396 g/mol. The van der Waals surface area contributed by atoms with E-state index in [9.17, 15) is 9.59 Å². The van der Waals surface area contributed by atoms with E-state index in [2.05, 4.69) is 10.6 Å². The van der Waals surface area contributed by atoms with Crippen LogP contribution in [-0.4, -0.2) is 38.1 Å². The van der Waals surface area contributed by atoms with Crippen LogP contribution in [0, 0.1) is 11.8 Å². The van der Waals surface area contributed by atoms with E-state index in [0.29, 0.717) is 24.5 Å². The number of para-hydroxylation sites is 2. The predicted octanol–water partition coefficient (Wildman–Crippen LogP) is 2.82. The van der Waals surface area contributed by atoms with Gasteiger partial charge in [-0.3, -0.25) is 9.59 Å². The molecule has 1 heterocycles. The molecule has 0 fully saturated rings. The fourth-order valence-electron chi connectivity index (χ4n) is 3.46. The van der Waals surface area contributed by atoms with Gasteiger partial charge in [-0.05, 0) is 36.1 Å². The Morgan fingerprint density at radius 3 is 2.62 bits per heavy atom. The minimum Gasteiger partial charge on any atom is -0.496 e. The van der Waals surface area contributed by atoms with Crippen molar-refractivity contribution >= 4 is 11.8 Å². The van der Waals surface area contributed by atoms with Crippen molar-refractivity contribution in [2.24, 2.45) is 11.8 Å². The number of nitrogens with one attached hydrogen (secondary N) is 2. The van der Waals surface area contributed by atoms with E-state index in [-0.39, 0.29) is 23.7 Å². The third-order valence-corrected chi connectivity index (χ3v) is 5.11. The Morgan fingerprint density at radius 1 is 1.14 bits per heavy atom. The molecule has 0 spiro atoms. The molecule has 3 rings (SSSR count). The van der Waals surface area contributed by atoms with Crippen LogP contribution in [0.5, 0.6) is 11.5 Å². The Balaban J connectivity index is 1.59. The molecule has 1 aliphatic heterocycles. The van der Waals surface area contributed by atoms with Crippen molar-refractivity contribution in [2.75, 3.05) is 20.3 Å². The third-order valence-electron chi connectivity index (χ3n) is 5.11. The maximum atomic E-state index is 12.8. The van der Waals surface area contributed by atoms with E-state index in [4.69, 9.17) is 9.47 Å². The molecule has 0 radical (unpaired) electrons. The van der Waals surface area contributed by atoms with Gasteiger partial charge in [-0.1, -0.05) is 44.2 Å². The molecule has 2 aromatic carbocycles. The molecule has 2 atom stereocenters. The summed E-state index contributed by atoms with van der Waals surface area (Å²) in [6.07, 6.45) is 0.858. The summed E-state index contributed by atoms with van der Waals surface area (Å²) in [6.45, 7) is 4.89. The topological polar surface area (TPSA) is 76.7 Å². The summed E-state index contributed by atoms with van der Waals surface area (Å²) in [5.74, 6) is 1.02. The number of fused-ring (bicyclic) bond motifs is 1. The van der Waals surface area contributed by atoms with Crippen LogP contribution in [0.15, 0.2) is 48.5 Å². The number of ether oxygens (including phenoxy) is 2. The van der Waals surface area contributed by atoms with Crippen LogP contribution in [0.25, 0.3) is 0 Å². The van der Waals surface area contributed by atoms with Crippen molar-refractivity contribution in [3.63, 3.8) is 0 Å². The average Bonchev–Trinajstić information content (AvgIpc) is 2.75. The highest BCUT2D eigenvalue weighted by atomic mass is 16.5. The number of carbonyl (C=O) groups is 2. The third kappa shape index (κ3) is 5.08. The molecule has 6 heteroatoms. The van der Waals surface area contributed by atoms with Crippen molar-refractivity contribution in [1.29, 1.82) is 0 Å². The first-order valence-electron chi connectivity index (χ1n) is 9.92. The molecule has 154 valence electrons. The van der Waals surface area contributed by atoms with Gasteiger partial charge in [0, 0.05) is 12.5 Å². The molecule has 0 aromatic heterocycles. The smallest absolute Gasteiger partial charge is 0.255 e. The lowest BCUT2D eigenvalue weighted by Crippen LogP contribution is -2.51. The summed E-state index contributed by atoms with van der Waals surface area (Å²) < 4.78 is 11.0. The van der Waals surface area contributed by atoms with E-state index >= 15 is 0 Å². The van der Waals surface area contributed by atoms with Gasteiger partial charge in [0.05, 0.1) is 19.3 Å². The lowest BCUT2D eigenvalue weighted by atomic mass is 9.96. The van der Waals surface area contributed by atoms with Gasteiger partial charge < -0.3 is 20.1 Å². The van der Waals surface area contributed by atoms with Gasteiger partial charge in [-0.2, -0.15) is 0 Å². The molecular formula is C23H28N2O4. The lowest BCUT2D eigenvalue weighted by molar-refractivity contribution is -0.124. The zero-order valence-corrected chi connectivity index (χ0v) is 17.1. The highest BCUT2D eigenvalue weighted by Crippen LogP contribution is 2.26. The minimum atomic E-state index is -0.635. The SMILES string of the molecule is COc1ccccc1C(=O)NC(C(=O)NCC1COc2ccccc2C1)C(C)C. The summed E-state index contributed by atoms with van der Waals surface area (Å²) >= 11 is 0. The lowest BCUT2D eigenvalue weighted by Gasteiger charge is -2.27. The van der Waals surface area contributed by atoms with Gasteiger partial charge in [0.2, 0.25) is 5.91 Å². The number of hydrogen-bond donors (Lipinski definition) is 2. The van der Waals surface area contributed by atoms with Crippen LogP contribution in [-0.2, 0) is 11.2 Å². The van der Waals surface area contributed by atoms with Crippen molar-refractivity contribution < 1.29 is 19.1 Å². The second-order valence-corrected chi connectivity index (χ2v) is 7.63. The van der Waals surface area contributed by atoms with Gasteiger partial charge in [0.15, 0.2) is 0 Å². The molecule has 2 amide bonds. The summed E-state index contributed by atoms with van der Waals surface area (Å²) in [4.78, 5) is 25.5. The molecule has 2 aromatic rings. The molecule has 0 aliphatic carbocycles. The number of methoxy groups -OCH3 is 1. The van der Waals surface area contributed by atoms with Crippen molar-refractivity contribution in [3.8, 4) is 11.5 Å². The number of rotatable bonds is 7. The highest BCUT2D eigenvalue weighted by molar-refractivity contribution is 5.99. The number of carbonyl (C=O) groups excluding carboxylic acids is 2. The Labute approximate surface area is 171 Å². The van der Waals surface area contributed by atoms with Crippen molar-refractivity contribution in [1.82, 2.24) is 10.6 Å². The van der Waals surface area contributed by atoms with Crippen LogP contribution in [0.2, 0.25) is 0 Å². The van der Waals surface area contributed by atoms with Gasteiger partial charge in [0.1, 0.15) is 17.5 Å². The van der Waals surface area contributed by atoms with Gasteiger partial charge in [0.25, 0.3) is 5.91 Å². The first-order chi connectivity index (χ1) is 14.0. The largest absolute Gasteiger partial charge is 0.496 e. The summed E-state index contributed by atoms with van der Waals surface area (Å²) in [6, 6.07) is 14.3. The molecule has 6 nitrogen and oxygen atoms in total. The number of benzene rings is 2. The van der Waals surface area contributed by atoms with Crippen LogP contribution >= 0.6 is 0 Å². The van der Waals surface area contributed by atoms with Gasteiger partial charge >= 0.3 is 0 Å². The Morgan fingerprint density at radius 2 is 1.86 bits per heavy atom. The minimum absolute atomic E-state index is 0.0583. The molecule has 0 bridgehead atoms. The first-order valence-corrected chi connectivity index (χ1v) is 9.92. The molecule has 29 heavy (non-hydrogen) atoms. The van der Waals surface area contributed by atoms with Crippen molar-refractivity contribution in [2.45, 2.75) is 26.3 Å². The van der Waals surface area contributed by atoms with Gasteiger partial charge in [-0.15, -0.1) is 0 Å².